The van der Waals surface area contributed by atoms with E-state index in [-0.39, 0.29) is 28.8 Å². The van der Waals surface area contributed by atoms with E-state index in [1.165, 1.54) is 0 Å². The Bertz CT molecular complexity index is 645. The molecule has 2 unspecified atom stereocenters. The van der Waals surface area contributed by atoms with Gasteiger partial charge in [0.05, 0.1) is 17.1 Å². The van der Waals surface area contributed by atoms with Crippen molar-refractivity contribution in [3.63, 3.8) is 0 Å². The van der Waals surface area contributed by atoms with Gasteiger partial charge in [-0.3, -0.25) is 9.59 Å². The van der Waals surface area contributed by atoms with E-state index in [9.17, 15) is 19.8 Å². The smallest absolute Gasteiger partial charge is 0.174 e. The van der Waals surface area contributed by atoms with Crippen molar-refractivity contribution in [2.24, 2.45) is 17.3 Å². The molecule has 4 nitrogen and oxygen atoms in total. The zero-order valence-electron chi connectivity index (χ0n) is 17.2. The maximum absolute atomic E-state index is 13.1. The highest BCUT2D eigenvalue weighted by Crippen LogP contribution is 2.50. The van der Waals surface area contributed by atoms with Crippen LogP contribution < -0.4 is 0 Å². The van der Waals surface area contributed by atoms with E-state index in [4.69, 9.17) is 0 Å². The Morgan fingerprint density at radius 3 is 2.19 bits per heavy atom. The summed E-state index contributed by atoms with van der Waals surface area (Å²) in [6.07, 6.45) is 4.19. The molecular formula is C22H34O4. The number of hydrogen-bond acceptors (Lipinski definition) is 4. The molecule has 0 radical (unpaired) electrons. The van der Waals surface area contributed by atoms with Gasteiger partial charge in [-0.15, -0.1) is 0 Å². The first kappa shape index (κ1) is 22.4. The van der Waals surface area contributed by atoms with E-state index in [0.717, 1.165) is 11.1 Å². The number of hydrogen-bond donors (Lipinski definition) is 2. The van der Waals surface area contributed by atoms with Gasteiger partial charge in [-0.25, -0.2) is 0 Å². The highest BCUT2D eigenvalue weighted by Gasteiger charge is 2.56. The molecule has 0 bridgehead atoms. The number of aliphatic hydroxyl groups excluding tert-OH is 2. The molecule has 0 aromatic heterocycles. The Morgan fingerprint density at radius 2 is 1.73 bits per heavy atom. The molecule has 0 aliphatic heterocycles. The minimum absolute atomic E-state index is 0.106. The third-order valence-corrected chi connectivity index (χ3v) is 5.54. The minimum Gasteiger partial charge on any atom is -0.511 e. The van der Waals surface area contributed by atoms with Gasteiger partial charge in [0.25, 0.3) is 0 Å². The molecule has 4 heteroatoms. The number of carbonyl (C=O) groups is 2. The summed E-state index contributed by atoms with van der Waals surface area (Å²) in [5, 5.41) is 21.8. The van der Waals surface area contributed by atoms with Crippen molar-refractivity contribution in [2.45, 2.75) is 73.8 Å². The number of rotatable bonds is 8. The van der Waals surface area contributed by atoms with Crippen LogP contribution in [0, 0.1) is 17.3 Å². The molecule has 0 heterocycles. The van der Waals surface area contributed by atoms with Crippen molar-refractivity contribution in [3.8, 4) is 0 Å². The largest absolute Gasteiger partial charge is 0.511 e. The quantitative estimate of drug-likeness (QED) is 0.485. The van der Waals surface area contributed by atoms with Crippen molar-refractivity contribution in [2.75, 3.05) is 0 Å². The van der Waals surface area contributed by atoms with Gasteiger partial charge in [0.2, 0.25) is 0 Å². The number of ketones is 2. The monoisotopic (exact) mass is 362 g/mol. The van der Waals surface area contributed by atoms with Gasteiger partial charge < -0.3 is 10.2 Å². The molecular weight excluding hydrogens is 328 g/mol. The molecule has 0 spiro atoms. The summed E-state index contributed by atoms with van der Waals surface area (Å²) in [5.41, 5.74) is 0.843. The fourth-order valence-electron chi connectivity index (χ4n) is 3.36. The fraction of sp³-hybridized carbons (Fsp3) is 0.636. The van der Waals surface area contributed by atoms with E-state index in [1.807, 2.05) is 46.8 Å². The van der Waals surface area contributed by atoms with Crippen LogP contribution >= 0.6 is 0 Å². The predicted molar refractivity (Wildman–Crippen MR) is 105 cm³/mol. The van der Waals surface area contributed by atoms with Crippen LogP contribution in [-0.4, -0.2) is 27.9 Å². The van der Waals surface area contributed by atoms with E-state index in [2.05, 4.69) is 0 Å². The van der Waals surface area contributed by atoms with Crippen LogP contribution in [0.2, 0.25) is 0 Å². The van der Waals surface area contributed by atoms with Crippen molar-refractivity contribution in [1.29, 1.82) is 0 Å². The molecule has 0 saturated heterocycles. The second-order valence-corrected chi connectivity index (χ2v) is 8.15. The second-order valence-electron chi connectivity index (χ2n) is 8.15. The van der Waals surface area contributed by atoms with E-state index >= 15 is 0 Å². The molecule has 4 atom stereocenters. The van der Waals surface area contributed by atoms with Crippen LogP contribution in [0.3, 0.4) is 0 Å². The van der Waals surface area contributed by atoms with Gasteiger partial charge in [0.1, 0.15) is 5.76 Å². The lowest BCUT2D eigenvalue weighted by molar-refractivity contribution is -0.126. The van der Waals surface area contributed by atoms with Gasteiger partial charge in [-0.1, -0.05) is 37.1 Å². The molecule has 1 rings (SSSR count). The van der Waals surface area contributed by atoms with Crippen LogP contribution in [0.4, 0.5) is 0 Å². The van der Waals surface area contributed by atoms with Crippen LogP contribution in [0.25, 0.3) is 0 Å². The van der Waals surface area contributed by atoms with Gasteiger partial charge in [0.15, 0.2) is 11.6 Å². The first-order valence-electron chi connectivity index (χ1n) is 9.45. The van der Waals surface area contributed by atoms with Crippen molar-refractivity contribution < 1.29 is 19.8 Å². The van der Waals surface area contributed by atoms with Crippen LogP contribution in [0.1, 0.15) is 67.7 Å². The predicted octanol–water partition coefficient (Wildman–Crippen LogP) is 4.69. The lowest BCUT2D eigenvalue weighted by atomic mass is 9.71. The summed E-state index contributed by atoms with van der Waals surface area (Å²) < 4.78 is 0. The Hall–Kier alpha value is -1.68. The number of carbonyl (C=O) groups excluding carboxylic acids is 2. The summed E-state index contributed by atoms with van der Waals surface area (Å²) in [6.45, 7) is 13.1. The zero-order chi connectivity index (χ0) is 20.2. The molecule has 0 aromatic rings. The van der Waals surface area contributed by atoms with Crippen LogP contribution in [-0.2, 0) is 9.59 Å². The molecule has 1 aliphatic rings. The van der Waals surface area contributed by atoms with E-state index in [0.29, 0.717) is 19.3 Å². The molecule has 0 saturated carbocycles. The first-order valence-corrected chi connectivity index (χ1v) is 9.45. The average molecular weight is 363 g/mol. The number of aliphatic hydroxyl groups is 2. The third kappa shape index (κ3) is 4.35. The SMILES string of the molecule is CCC(C)C(=O)C1=C(O)[C@@](C)(C(O)CC=C(C)C)[C@H](CC=C(C)C)C1=O. The summed E-state index contributed by atoms with van der Waals surface area (Å²) in [6, 6.07) is 0. The Labute approximate surface area is 157 Å². The van der Waals surface area contributed by atoms with Gasteiger partial charge in [-0.2, -0.15) is 0 Å². The summed E-state index contributed by atoms with van der Waals surface area (Å²) >= 11 is 0. The maximum atomic E-state index is 13.1. The molecule has 0 amide bonds. The molecule has 0 aromatic carbocycles. The first-order chi connectivity index (χ1) is 12.0. The number of Topliss-reactive ketones (excluding diaryl/α,β-unsaturated/α-hetero) is 2. The normalized spacial score (nSPS) is 25.1. The molecule has 1 aliphatic carbocycles. The highest BCUT2D eigenvalue weighted by atomic mass is 16.3. The Balaban J connectivity index is 3.43. The lowest BCUT2D eigenvalue weighted by Gasteiger charge is -2.35. The number of allylic oxidation sites excluding steroid dienone is 4. The lowest BCUT2D eigenvalue weighted by Crippen LogP contribution is -2.40. The summed E-state index contributed by atoms with van der Waals surface area (Å²) in [7, 11) is 0. The summed E-state index contributed by atoms with van der Waals surface area (Å²) in [5.74, 6) is -1.88. The molecule has 0 fully saturated rings. The zero-order valence-corrected chi connectivity index (χ0v) is 17.2. The summed E-state index contributed by atoms with van der Waals surface area (Å²) in [4.78, 5) is 25.8. The second kappa shape index (κ2) is 8.81. The Morgan fingerprint density at radius 1 is 1.19 bits per heavy atom. The highest BCUT2D eigenvalue weighted by molar-refractivity contribution is 6.23. The molecule has 2 N–H and O–H groups in total. The van der Waals surface area contributed by atoms with E-state index < -0.39 is 17.4 Å². The molecule has 26 heavy (non-hydrogen) atoms. The minimum atomic E-state index is -1.16. The molecule has 146 valence electrons. The average Bonchev–Trinajstić information content (AvgIpc) is 2.76. The van der Waals surface area contributed by atoms with Crippen molar-refractivity contribution in [3.05, 3.63) is 34.6 Å². The Kier molecular flexibility index (Phi) is 7.57. The van der Waals surface area contributed by atoms with E-state index in [1.54, 1.807) is 13.8 Å². The standard InChI is InChI=1S/C22H34O4/c1-8-15(6)19(24)18-20(25)16(11-9-13(2)3)22(7,21(18)26)17(23)12-10-14(4)5/h9-10,15-17,23,26H,8,11-12H2,1-7H3/t15?,16-,17?,22-/m1/s1. The van der Waals surface area contributed by atoms with Crippen LogP contribution in [0.15, 0.2) is 34.6 Å². The van der Waals surface area contributed by atoms with Crippen molar-refractivity contribution in [1.82, 2.24) is 0 Å². The van der Waals surface area contributed by atoms with Crippen molar-refractivity contribution >= 4 is 11.6 Å². The topological polar surface area (TPSA) is 74.6 Å². The van der Waals surface area contributed by atoms with Gasteiger partial charge >= 0.3 is 0 Å². The van der Waals surface area contributed by atoms with Crippen LogP contribution in [0.5, 0.6) is 0 Å². The van der Waals surface area contributed by atoms with Gasteiger partial charge in [0, 0.05) is 11.8 Å². The van der Waals surface area contributed by atoms with Gasteiger partial charge in [-0.05, 0) is 53.9 Å². The third-order valence-electron chi connectivity index (χ3n) is 5.54. The maximum Gasteiger partial charge on any atom is 0.174 e. The fourth-order valence-corrected chi connectivity index (χ4v) is 3.36.